The summed E-state index contributed by atoms with van der Waals surface area (Å²) in [5.74, 6) is 0. The molecule has 0 aliphatic rings. The van der Waals surface area contributed by atoms with E-state index in [0.29, 0.717) is 0 Å². The van der Waals surface area contributed by atoms with E-state index in [0.717, 1.165) is 0 Å². The molecule has 0 amide bonds. The number of hydrogen-bond donors (Lipinski definition) is 0. The van der Waals surface area contributed by atoms with Crippen molar-refractivity contribution in [3.63, 3.8) is 0 Å². The van der Waals surface area contributed by atoms with Crippen LogP contribution in [0.4, 0.5) is 0 Å². The largest absolute Gasteiger partial charge is 0 e. The molecule has 0 spiro atoms. The van der Waals surface area contributed by atoms with E-state index >= 15 is 0 Å². The molecule has 0 aromatic rings. The second-order valence-corrected chi connectivity index (χ2v) is 0. The summed E-state index contributed by atoms with van der Waals surface area (Å²) in [6, 6.07) is 0. The van der Waals surface area contributed by atoms with Gasteiger partial charge in [0.2, 0.25) is 0 Å². The van der Waals surface area contributed by atoms with E-state index < -0.39 is 0 Å². The third-order valence-corrected chi connectivity index (χ3v) is 0. The average molecular weight is 233 g/mol. The Labute approximate surface area is 65.0 Å². The van der Waals surface area contributed by atoms with Gasteiger partial charge in [-0.1, -0.05) is 0 Å². The first-order chi connectivity index (χ1) is 1.00. The molecule has 0 atom stereocenters. The molecule has 0 aliphatic heterocycles. The van der Waals surface area contributed by atoms with Crippen molar-refractivity contribution in [2.45, 2.75) is 0 Å². The fourth-order valence-electron chi connectivity index (χ4n) is 0. The van der Waals surface area contributed by atoms with Crippen LogP contribution in [0.15, 0.2) is 0 Å². The first-order valence-corrected chi connectivity index (χ1v) is 7.25. The number of rotatable bonds is 0. The Balaban J connectivity index is -0.00000000500. The molecule has 0 heterocycles. The predicted octanol–water partition coefficient (Wildman–Crippen LogP) is -0.924. The second-order valence-electron chi connectivity index (χ2n) is 0. The molecule has 0 fully saturated rings. The summed E-state index contributed by atoms with van der Waals surface area (Å²) in [7, 11) is 0. The van der Waals surface area contributed by atoms with Crippen molar-refractivity contribution in [3.05, 3.63) is 0 Å². The molecule has 0 nitrogen and oxygen atoms in total. The Morgan fingerprint density at radius 2 is 1.25 bits per heavy atom. The molecule has 4 heteroatoms. The molecule has 0 aromatic heterocycles. The summed E-state index contributed by atoms with van der Waals surface area (Å²) in [5.41, 5.74) is 0. The van der Waals surface area contributed by atoms with Gasteiger partial charge in [0.1, 0.15) is 0 Å². The van der Waals surface area contributed by atoms with Crippen LogP contribution in [0.25, 0.3) is 0 Å². The Kier molecular flexibility index (Phi) is 75.9. The smallest absolute Gasteiger partial charge is 0 e. The van der Waals surface area contributed by atoms with E-state index in [4.69, 9.17) is 0 Å². The first kappa shape index (κ1) is 16.3. The maximum Gasteiger partial charge on any atom is 0 e. The van der Waals surface area contributed by atoms with Gasteiger partial charge in [-0.15, -0.1) is 0 Å². The van der Waals surface area contributed by atoms with E-state index in [1.165, 1.54) is 13.6 Å². The minimum atomic E-state index is 0. The quantitative estimate of drug-likeness (QED) is 0.474. The zero-order valence-corrected chi connectivity index (χ0v) is 8.56. The van der Waals surface area contributed by atoms with E-state index in [2.05, 4.69) is 17.7 Å². The van der Waals surface area contributed by atoms with Gasteiger partial charge in [-0.05, 0) is 0 Å². The first-order valence-electron chi connectivity index (χ1n) is 0.408. The van der Waals surface area contributed by atoms with Crippen molar-refractivity contribution in [1.82, 2.24) is 0 Å². The molecule has 0 N–H and O–H groups in total. The van der Waals surface area contributed by atoms with Crippen LogP contribution < -0.4 is 0 Å². The van der Waals surface area contributed by atoms with Gasteiger partial charge in [0, 0.05) is 34.4 Å². The van der Waals surface area contributed by atoms with Crippen LogP contribution in [0.3, 0.4) is 0 Å². The summed E-state index contributed by atoms with van der Waals surface area (Å²) < 4.78 is 0. The van der Waals surface area contributed by atoms with E-state index in [9.17, 15) is 0 Å². The van der Waals surface area contributed by atoms with Crippen LogP contribution in [-0.2, 0) is 52.1 Å². The van der Waals surface area contributed by atoms with Crippen molar-refractivity contribution in [1.29, 1.82) is 0 Å². The predicted molar refractivity (Wildman–Crippen MR) is 8.54 cm³/mol. The van der Waals surface area contributed by atoms with E-state index in [1.807, 2.05) is 0 Å². The Morgan fingerprint density at radius 3 is 1.25 bits per heavy atom. The fraction of sp³-hybridized carbons (Fsp3) is 0. The summed E-state index contributed by atoms with van der Waals surface area (Å²) in [5, 5.41) is 0. The second kappa shape index (κ2) is 18.6. The van der Waals surface area contributed by atoms with Crippen molar-refractivity contribution in [3.8, 4) is 0 Å². The molecule has 0 radical (unpaired) electrons. The third kappa shape index (κ3) is 8.86. The van der Waals surface area contributed by atoms with Crippen molar-refractivity contribution in [2.75, 3.05) is 0 Å². The van der Waals surface area contributed by atoms with Gasteiger partial charge in [0.05, 0.1) is 0 Å². The standard InChI is InChI=1S/Al.Cr.Fe.Mo.2H. The van der Waals surface area contributed by atoms with Crippen molar-refractivity contribution in [2.24, 2.45) is 0 Å². The summed E-state index contributed by atoms with van der Waals surface area (Å²) >= 11 is 3.40. The molecule has 0 rings (SSSR count). The fourth-order valence-corrected chi connectivity index (χ4v) is 0. The van der Waals surface area contributed by atoms with Crippen LogP contribution in [0, 0.1) is 0 Å². The maximum atomic E-state index is 2.09. The van der Waals surface area contributed by atoms with Crippen LogP contribution in [0.5, 0.6) is 0 Å². The Bertz CT molecular complexity index is 8.00. The normalized spacial score (nSPS) is 1.00. The third-order valence-electron chi connectivity index (χ3n) is 0. The summed E-state index contributed by atoms with van der Waals surface area (Å²) in [4.78, 5) is 0. The van der Waals surface area contributed by atoms with E-state index in [1.54, 1.807) is 0 Å². The molecule has 4 heavy (non-hydrogen) atoms. The minimum absolute atomic E-state index is 0. The van der Waals surface area contributed by atoms with Gasteiger partial charge < -0.3 is 0 Å². The minimum Gasteiger partial charge on any atom is 0 e. The number of hydrogen-bond acceptors (Lipinski definition) is 0. The molecular formula is H2AlCrFeMo. The zero-order chi connectivity index (χ0) is 2.00. The van der Waals surface area contributed by atoms with Gasteiger partial charge in [-0.25, -0.2) is 0 Å². The Morgan fingerprint density at radius 1 is 1.25 bits per heavy atom. The van der Waals surface area contributed by atoms with Gasteiger partial charge in [0.15, 0.2) is 0 Å². The molecule has 0 aromatic carbocycles. The average Bonchev–Trinajstić information content (AvgIpc) is 1.00. The summed E-state index contributed by atoms with van der Waals surface area (Å²) in [6.45, 7) is 0. The van der Waals surface area contributed by atoms with Gasteiger partial charge >= 0.3 is 31.3 Å². The van der Waals surface area contributed by atoms with Crippen molar-refractivity contribution < 1.29 is 52.1 Å². The molecule has 25 valence electrons. The molecule has 0 saturated carbocycles. The molecule has 0 bridgehead atoms. The molecule has 0 unspecified atom stereocenters. The topological polar surface area (TPSA) is 0 Å². The maximum absolute atomic E-state index is 2.09. The van der Waals surface area contributed by atoms with Gasteiger partial charge in [0.25, 0.3) is 0 Å². The van der Waals surface area contributed by atoms with Crippen LogP contribution in [-0.4, -0.2) is 13.6 Å². The van der Waals surface area contributed by atoms with Gasteiger partial charge in [-0.3, -0.25) is 0 Å². The Hall–Kier alpha value is 2.27. The monoisotopic (exact) mass is 235 g/mol. The van der Waals surface area contributed by atoms with Crippen LogP contribution >= 0.6 is 0 Å². The van der Waals surface area contributed by atoms with E-state index in [-0.39, 0.29) is 34.4 Å². The van der Waals surface area contributed by atoms with Crippen molar-refractivity contribution >= 4 is 13.6 Å². The van der Waals surface area contributed by atoms with Crippen LogP contribution in [0.2, 0.25) is 0 Å². The van der Waals surface area contributed by atoms with Gasteiger partial charge in [-0.2, -0.15) is 0 Å². The molecule has 0 aliphatic carbocycles. The SMILES string of the molecule is [AlH2][Mo].[Cr].[Fe]. The van der Waals surface area contributed by atoms with Crippen LogP contribution in [0.1, 0.15) is 0 Å². The molecule has 0 saturated heterocycles. The molecular weight excluding hydrogens is 231 g/mol. The zero-order valence-electron chi connectivity index (χ0n) is 2.17. The summed E-state index contributed by atoms with van der Waals surface area (Å²) in [6.07, 6.45) is 0.